The molecule has 1 aliphatic rings. The number of hydrogen-bond donors (Lipinski definition) is 1. The summed E-state index contributed by atoms with van der Waals surface area (Å²) in [7, 11) is 0. The van der Waals surface area contributed by atoms with Crippen molar-refractivity contribution < 1.29 is 19.4 Å². The number of hydrogen-bond acceptors (Lipinski definition) is 4. The highest BCUT2D eigenvalue weighted by Gasteiger charge is 2.30. The van der Waals surface area contributed by atoms with E-state index in [9.17, 15) is 9.90 Å². The van der Waals surface area contributed by atoms with Crippen LogP contribution in [-0.4, -0.2) is 28.9 Å². The number of ether oxygens (including phenoxy) is 2. The molecule has 0 amide bonds. The monoisotopic (exact) mass is 306 g/mol. The minimum absolute atomic E-state index is 0.134. The van der Waals surface area contributed by atoms with Crippen LogP contribution in [0, 0.1) is 0 Å². The molecule has 1 fully saturated rings. The van der Waals surface area contributed by atoms with Gasteiger partial charge < -0.3 is 14.6 Å². The molecule has 1 aliphatic carbocycles. The van der Waals surface area contributed by atoms with Crippen molar-refractivity contribution in [2.45, 2.75) is 70.7 Å². The van der Waals surface area contributed by atoms with E-state index < -0.39 is 11.7 Å². The summed E-state index contributed by atoms with van der Waals surface area (Å²) in [4.78, 5) is 12.4. The zero-order valence-electron chi connectivity index (χ0n) is 13.7. The van der Waals surface area contributed by atoms with E-state index in [4.69, 9.17) is 9.47 Å². The highest BCUT2D eigenvalue weighted by molar-refractivity contribution is 5.75. The average Bonchev–Trinajstić information content (AvgIpc) is 2.89. The second kappa shape index (κ2) is 7.14. The summed E-state index contributed by atoms with van der Waals surface area (Å²) < 4.78 is 11.5. The summed E-state index contributed by atoms with van der Waals surface area (Å²) in [6.07, 6.45) is 4.23. The van der Waals surface area contributed by atoms with Crippen molar-refractivity contribution in [3.05, 3.63) is 29.8 Å². The van der Waals surface area contributed by atoms with Crippen LogP contribution in [0.5, 0.6) is 5.75 Å². The van der Waals surface area contributed by atoms with E-state index in [1.54, 1.807) is 18.2 Å². The van der Waals surface area contributed by atoms with Crippen molar-refractivity contribution in [2.75, 3.05) is 0 Å². The fourth-order valence-corrected chi connectivity index (χ4v) is 2.71. The van der Waals surface area contributed by atoms with Gasteiger partial charge in [0.2, 0.25) is 0 Å². The minimum Gasteiger partial charge on any atom is -0.508 e. The first kappa shape index (κ1) is 16.8. The van der Waals surface area contributed by atoms with Crippen molar-refractivity contribution >= 4 is 5.97 Å². The van der Waals surface area contributed by atoms with Crippen molar-refractivity contribution in [1.29, 1.82) is 0 Å². The third kappa shape index (κ3) is 5.34. The molecule has 0 spiro atoms. The molecule has 0 bridgehead atoms. The number of benzene rings is 1. The molecule has 1 unspecified atom stereocenters. The highest BCUT2D eigenvalue weighted by Crippen LogP contribution is 2.25. The average molecular weight is 306 g/mol. The Balaban J connectivity index is 2.07. The van der Waals surface area contributed by atoms with Crippen LogP contribution in [0.2, 0.25) is 0 Å². The molecule has 0 radical (unpaired) electrons. The Kier molecular flexibility index (Phi) is 5.46. The van der Waals surface area contributed by atoms with Crippen LogP contribution < -0.4 is 0 Å². The van der Waals surface area contributed by atoms with Gasteiger partial charge in [-0.25, -0.2) is 4.79 Å². The fourth-order valence-electron chi connectivity index (χ4n) is 2.71. The van der Waals surface area contributed by atoms with Gasteiger partial charge >= 0.3 is 5.97 Å². The molecule has 0 aliphatic heterocycles. The summed E-state index contributed by atoms with van der Waals surface area (Å²) in [5.41, 5.74) is 0.335. The molecule has 1 aromatic rings. The molecule has 22 heavy (non-hydrogen) atoms. The molecule has 0 saturated heterocycles. The lowest BCUT2D eigenvalue weighted by molar-refractivity contribution is -0.172. The Labute approximate surface area is 132 Å². The second-order valence-electron chi connectivity index (χ2n) is 6.94. The SMILES string of the molecule is CC(C)(C)OC(=O)C(Cc1cccc(O)c1)OC1CCCC1. The molecule has 1 aromatic carbocycles. The van der Waals surface area contributed by atoms with Crippen molar-refractivity contribution in [1.82, 2.24) is 0 Å². The topological polar surface area (TPSA) is 55.8 Å². The van der Waals surface area contributed by atoms with Gasteiger partial charge in [-0.1, -0.05) is 25.0 Å². The van der Waals surface area contributed by atoms with Crippen LogP contribution >= 0.6 is 0 Å². The molecule has 4 nitrogen and oxygen atoms in total. The summed E-state index contributed by atoms with van der Waals surface area (Å²) >= 11 is 0. The normalized spacial score (nSPS) is 17.4. The molecule has 1 N–H and O–H groups in total. The molecular formula is C18H26O4. The first-order valence-corrected chi connectivity index (χ1v) is 8.00. The molecule has 2 rings (SSSR count). The number of aromatic hydroxyl groups is 1. The number of phenolic OH excluding ortho intramolecular Hbond substituents is 1. The Morgan fingerprint density at radius 2 is 2.00 bits per heavy atom. The number of rotatable bonds is 5. The van der Waals surface area contributed by atoms with Crippen LogP contribution in [-0.2, 0) is 20.7 Å². The smallest absolute Gasteiger partial charge is 0.336 e. The molecule has 1 saturated carbocycles. The van der Waals surface area contributed by atoms with Crippen molar-refractivity contribution in [2.24, 2.45) is 0 Å². The van der Waals surface area contributed by atoms with E-state index >= 15 is 0 Å². The van der Waals surface area contributed by atoms with Crippen LogP contribution in [0.25, 0.3) is 0 Å². The maximum absolute atomic E-state index is 12.4. The number of carbonyl (C=O) groups excluding carboxylic acids is 1. The number of carbonyl (C=O) groups is 1. The number of esters is 1. The zero-order chi connectivity index (χ0) is 16.2. The predicted molar refractivity (Wildman–Crippen MR) is 84.8 cm³/mol. The highest BCUT2D eigenvalue weighted by atomic mass is 16.6. The van der Waals surface area contributed by atoms with Gasteiger partial charge in [-0.2, -0.15) is 0 Å². The second-order valence-corrected chi connectivity index (χ2v) is 6.94. The van der Waals surface area contributed by atoms with Gasteiger partial charge in [0.25, 0.3) is 0 Å². The van der Waals surface area contributed by atoms with Crippen LogP contribution in [0.1, 0.15) is 52.0 Å². The van der Waals surface area contributed by atoms with Gasteiger partial charge in [0.05, 0.1) is 6.10 Å². The van der Waals surface area contributed by atoms with E-state index in [0.717, 1.165) is 31.2 Å². The molecule has 1 atom stereocenters. The molecule has 4 heteroatoms. The third-order valence-corrected chi connectivity index (χ3v) is 3.66. The molecule has 122 valence electrons. The lowest BCUT2D eigenvalue weighted by Gasteiger charge is -2.26. The lowest BCUT2D eigenvalue weighted by atomic mass is 10.1. The molecular weight excluding hydrogens is 280 g/mol. The largest absolute Gasteiger partial charge is 0.508 e. The minimum atomic E-state index is -0.621. The van der Waals surface area contributed by atoms with Gasteiger partial charge in [-0.15, -0.1) is 0 Å². The summed E-state index contributed by atoms with van der Waals surface area (Å²) in [6.45, 7) is 5.56. The Morgan fingerprint density at radius 1 is 1.32 bits per heavy atom. The van der Waals surface area contributed by atoms with E-state index in [1.165, 1.54) is 0 Å². The van der Waals surface area contributed by atoms with Crippen LogP contribution in [0.4, 0.5) is 0 Å². The third-order valence-electron chi connectivity index (χ3n) is 3.66. The summed E-state index contributed by atoms with van der Waals surface area (Å²) in [5.74, 6) is -0.135. The quantitative estimate of drug-likeness (QED) is 0.844. The van der Waals surface area contributed by atoms with Gasteiger partial charge in [0, 0.05) is 6.42 Å². The van der Waals surface area contributed by atoms with Gasteiger partial charge in [0.15, 0.2) is 6.10 Å². The van der Waals surface area contributed by atoms with Gasteiger partial charge in [0.1, 0.15) is 11.4 Å². The van der Waals surface area contributed by atoms with Gasteiger partial charge in [-0.3, -0.25) is 0 Å². The first-order chi connectivity index (χ1) is 10.3. The van der Waals surface area contributed by atoms with Crippen molar-refractivity contribution in [3.63, 3.8) is 0 Å². The predicted octanol–water partition coefficient (Wildman–Crippen LogP) is 3.60. The lowest BCUT2D eigenvalue weighted by Crippen LogP contribution is -2.36. The standard InChI is InChI=1S/C18H26O4/c1-18(2,3)22-17(20)16(21-15-9-4-5-10-15)12-13-7-6-8-14(19)11-13/h6-8,11,15-16,19H,4-5,9-10,12H2,1-3H3. The molecule has 0 heterocycles. The Hall–Kier alpha value is -1.55. The Bertz CT molecular complexity index is 498. The molecule has 0 aromatic heterocycles. The van der Waals surface area contributed by atoms with E-state index in [-0.39, 0.29) is 17.8 Å². The number of phenols is 1. The van der Waals surface area contributed by atoms with Crippen LogP contribution in [0.15, 0.2) is 24.3 Å². The summed E-state index contributed by atoms with van der Waals surface area (Å²) in [6, 6.07) is 6.93. The zero-order valence-corrected chi connectivity index (χ0v) is 13.7. The maximum Gasteiger partial charge on any atom is 0.336 e. The van der Waals surface area contributed by atoms with E-state index in [1.807, 2.05) is 26.8 Å². The van der Waals surface area contributed by atoms with E-state index in [2.05, 4.69) is 0 Å². The maximum atomic E-state index is 12.4. The van der Waals surface area contributed by atoms with Gasteiger partial charge in [-0.05, 0) is 51.3 Å². The van der Waals surface area contributed by atoms with E-state index in [0.29, 0.717) is 6.42 Å². The first-order valence-electron chi connectivity index (χ1n) is 8.00. The van der Waals surface area contributed by atoms with Crippen molar-refractivity contribution in [3.8, 4) is 5.75 Å². The van der Waals surface area contributed by atoms with Crippen LogP contribution in [0.3, 0.4) is 0 Å². The summed E-state index contributed by atoms with van der Waals surface area (Å²) in [5, 5.41) is 9.58. The Morgan fingerprint density at radius 3 is 2.59 bits per heavy atom. The fraction of sp³-hybridized carbons (Fsp3) is 0.611.